The molecule has 178 valence electrons. The molecule has 2 atom stereocenters. The number of hydrogen-bond acceptors (Lipinski definition) is 6. The Labute approximate surface area is 201 Å². The monoisotopic (exact) mass is 460 g/mol. The Bertz CT molecular complexity index is 1120. The van der Waals surface area contributed by atoms with Gasteiger partial charge in [0.25, 0.3) is 0 Å². The van der Waals surface area contributed by atoms with Crippen LogP contribution in [-0.4, -0.2) is 46.2 Å². The number of anilines is 1. The smallest absolute Gasteiger partial charge is 0.336 e. The Morgan fingerprint density at radius 2 is 1.71 bits per heavy atom. The highest BCUT2D eigenvalue weighted by atomic mass is 16.6. The number of nitrogens with one attached hydrogen (secondary N) is 1. The molecule has 1 heterocycles. The van der Waals surface area contributed by atoms with Gasteiger partial charge in [0, 0.05) is 56.2 Å². The van der Waals surface area contributed by atoms with Gasteiger partial charge in [0.2, 0.25) is 0 Å². The van der Waals surface area contributed by atoms with Crippen LogP contribution in [0.5, 0.6) is 0 Å². The van der Waals surface area contributed by atoms with E-state index in [4.69, 9.17) is 9.47 Å². The van der Waals surface area contributed by atoms with Gasteiger partial charge in [0.05, 0.1) is 12.2 Å². The van der Waals surface area contributed by atoms with E-state index < -0.39 is 11.9 Å². The summed E-state index contributed by atoms with van der Waals surface area (Å²) in [6, 6.07) is 18.2. The molecule has 1 N–H and O–H groups in total. The van der Waals surface area contributed by atoms with Crippen LogP contribution >= 0.6 is 0 Å². The number of Topliss-reactive ketones (excluding diaryl/α,β-unsaturated/α-hetero) is 1. The summed E-state index contributed by atoms with van der Waals surface area (Å²) in [7, 11) is 5.53. The van der Waals surface area contributed by atoms with Crippen molar-refractivity contribution in [2.45, 2.75) is 31.6 Å². The summed E-state index contributed by atoms with van der Waals surface area (Å²) >= 11 is 0. The molecule has 0 bridgehead atoms. The summed E-state index contributed by atoms with van der Waals surface area (Å²) in [6.45, 7) is 2.36. The fraction of sp³-hybridized carbons (Fsp3) is 0.357. The zero-order chi connectivity index (χ0) is 24.2. The highest BCUT2D eigenvalue weighted by Gasteiger charge is 2.41. The predicted molar refractivity (Wildman–Crippen MR) is 133 cm³/mol. The van der Waals surface area contributed by atoms with Gasteiger partial charge < -0.3 is 19.7 Å². The maximum Gasteiger partial charge on any atom is 0.336 e. The number of esters is 1. The highest BCUT2D eigenvalue weighted by molar-refractivity contribution is 6.04. The third-order valence-electron chi connectivity index (χ3n) is 6.58. The zero-order valence-electron chi connectivity index (χ0n) is 20.3. The molecule has 0 saturated heterocycles. The van der Waals surface area contributed by atoms with Gasteiger partial charge in [-0.2, -0.15) is 0 Å². The average Bonchev–Trinajstić information content (AvgIpc) is 2.83. The molecule has 4 rings (SSSR count). The zero-order valence-corrected chi connectivity index (χ0v) is 20.3. The Balaban J connectivity index is 1.75. The Morgan fingerprint density at radius 3 is 2.35 bits per heavy atom. The molecular formula is C28H32N2O4. The van der Waals surface area contributed by atoms with E-state index in [1.54, 1.807) is 7.11 Å². The van der Waals surface area contributed by atoms with Crippen molar-refractivity contribution in [3.63, 3.8) is 0 Å². The van der Waals surface area contributed by atoms with Gasteiger partial charge >= 0.3 is 5.97 Å². The SMILES string of the molecule is COCCOC(=O)C1=C(C)NC2=C(C(=O)C[C@H](c3ccccc3)C2)[C@H]1c1ccc(N(C)C)cc1. The highest BCUT2D eigenvalue weighted by Crippen LogP contribution is 2.45. The number of carbonyl (C=O) groups is 2. The number of ketones is 1. The second-order valence-electron chi connectivity index (χ2n) is 9.04. The van der Waals surface area contributed by atoms with Gasteiger partial charge in [-0.25, -0.2) is 4.79 Å². The third kappa shape index (κ3) is 4.77. The van der Waals surface area contributed by atoms with E-state index in [1.807, 2.05) is 68.4 Å². The summed E-state index contributed by atoms with van der Waals surface area (Å²) < 4.78 is 10.5. The second-order valence-corrected chi connectivity index (χ2v) is 9.04. The van der Waals surface area contributed by atoms with Crippen molar-refractivity contribution in [1.82, 2.24) is 5.32 Å². The quantitative estimate of drug-likeness (QED) is 0.491. The molecule has 0 aromatic heterocycles. The molecule has 1 aliphatic heterocycles. The van der Waals surface area contributed by atoms with Gasteiger partial charge in [0.1, 0.15) is 6.61 Å². The van der Waals surface area contributed by atoms with Crippen molar-refractivity contribution < 1.29 is 19.1 Å². The molecular weight excluding hydrogens is 428 g/mol. The van der Waals surface area contributed by atoms with E-state index in [0.717, 1.165) is 34.6 Å². The minimum atomic E-state index is -0.466. The van der Waals surface area contributed by atoms with Crippen LogP contribution in [0.4, 0.5) is 5.69 Å². The lowest BCUT2D eigenvalue weighted by Gasteiger charge is -2.36. The summed E-state index contributed by atoms with van der Waals surface area (Å²) in [4.78, 5) is 28.8. The molecule has 6 nitrogen and oxygen atoms in total. The molecule has 34 heavy (non-hydrogen) atoms. The molecule has 2 aromatic rings. The van der Waals surface area contributed by atoms with Crippen molar-refractivity contribution in [1.29, 1.82) is 0 Å². The van der Waals surface area contributed by atoms with Gasteiger partial charge in [-0.15, -0.1) is 0 Å². The number of carbonyl (C=O) groups excluding carboxylic acids is 2. The van der Waals surface area contributed by atoms with Crippen molar-refractivity contribution in [2.24, 2.45) is 0 Å². The number of methoxy groups -OCH3 is 1. The average molecular weight is 461 g/mol. The minimum absolute atomic E-state index is 0.0685. The molecule has 0 unspecified atom stereocenters. The van der Waals surface area contributed by atoms with Crippen molar-refractivity contribution in [2.75, 3.05) is 39.3 Å². The summed E-state index contributed by atoms with van der Waals surface area (Å²) in [5, 5.41) is 3.40. The molecule has 0 fully saturated rings. The molecule has 0 radical (unpaired) electrons. The van der Waals surface area contributed by atoms with Crippen LogP contribution in [-0.2, 0) is 19.1 Å². The van der Waals surface area contributed by atoms with Gasteiger partial charge in [-0.3, -0.25) is 4.79 Å². The van der Waals surface area contributed by atoms with Gasteiger partial charge in [-0.05, 0) is 42.5 Å². The maximum absolute atomic E-state index is 13.6. The molecule has 6 heteroatoms. The molecule has 1 aliphatic carbocycles. The van der Waals surface area contributed by atoms with Crippen molar-refractivity contribution >= 4 is 17.4 Å². The first-order valence-corrected chi connectivity index (χ1v) is 11.6. The first kappa shape index (κ1) is 23.8. The Morgan fingerprint density at radius 1 is 1.00 bits per heavy atom. The topological polar surface area (TPSA) is 67.9 Å². The minimum Gasteiger partial charge on any atom is -0.460 e. The molecule has 2 aliphatic rings. The summed E-state index contributed by atoms with van der Waals surface area (Å²) in [5.41, 5.74) is 5.90. The van der Waals surface area contributed by atoms with Crippen LogP contribution in [0.25, 0.3) is 0 Å². The van der Waals surface area contributed by atoms with Crippen LogP contribution < -0.4 is 10.2 Å². The van der Waals surface area contributed by atoms with Crippen LogP contribution in [0.1, 0.15) is 42.7 Å². The number of nitrogens with zero attached hydrogens (tertiary/aromatic N) is 1. The van der Waals surface area contributed by atoms with Crippen LogP contribution in [0.3, 0.4) is 0 Å². The number of rotatable bonds is 7. The second kappa shape index (κ2) is 10.3. The largest absolute Gasteiger partial charge is 0.460 e. The molecule has 0 spiro atoms. The first-order chi connectivity index (χ1) is 16.4. The maximum atomic E-state index is 13.6. The number of hydrogen-bond donors (Lipinski definition) is 1. The van der Waals surface area contributed by atoms with E-state index in [-0.39, 0.29) is 18.3 Å². The Hall–Kier alpha value is -3.38. The van der Waals surface area contributed by atoms with E-state index >= 15 is 0 Å². The fourth-order valence-corrected chi connectivity index (χ4v) is 4.86. The number of benzene rings is 2. The van der Waals surface area contributed by atoms with Crippen LogP contribution in [0.2, 0.25) is 0 Å². The lowest BCUT2D eigenvalue weighted by atomic mass is 9.71. The number of allylic oxidation sites excluding steroid dienone is 3. The van der Waals surface area contributed by atoms with Gasteiger partial charge in [0.15, 0.2) is 5.78 Å². The standard InChI is InChI=1S/C28H32N2O4/c1-18-25(28(32)34-15-14-33-4)26(20-10-12-22(13-11-20)30(2)3)27-23(29-18)16-21(17-24(27)31)19-8-6-5-7-9-19/h5-13,21,26,29H,14-17H2,1-4H3/t21-,26+/m1/s1. The third-order valence-corrected chi connectivity index (χ3v) is 6.58. The first-order valence-electron chi connectivity index (χ1n) is 11.6. The fourth-order valence-electron chi connectivity index (χ4n) is 4.86. The van der Waals surface area contributed by atoms with Crippen LogP contribution in [0, 0.1) is 0 Å². The Kier molecular flexibility index (Phi) is 7.17. The van der Waals surface area contributed by atoms with Crippen LogP contribution in [0.15, 0.2) is 77.1 Å². The van der Waals surface area contributed by atoms with Crippen molar-refractivity contribution in [3.8, 4) is 0 Å². The van der Waals surface area contributed by atoms with E-state index in [1.165, 1.54) is 0 Å². The van der Waals surface area contributed by atoms with Gasteiger partial charge in [-0.1, -0.05) is 42.5 Å². The lowest BCUT2D eigenvalue weighted by Crippen LogP contribution is -2.36. The lowest BCUT2D eigenvalue weighted by molar-refractivity contribution is -0.140. The van der Waals surface area contributed by atoms with Crippen molar-refractivity contribution in [3.05, 3.63) is 88.3 Å². The predicted octanol–water partition coefficient (Wildman–Crippen LogP) is 4.30. The van der Waals surface area contributed by atoms with E-state index in [2.05, 4.69) is 17.4 Å². The molecule has 2 aromatic carbocycles. The number of dihydropyridines is 1. The number of ether oxygens (including phenoxy) is 2. The van der Waals surface area contributed by atoms with E-state index in [0.29, 0.717) is 24.2 Å². The molecule has 0 amide bonds. The summed E-state index contributed by atoms with van der Waals surface area (Å²) in [5.74, 6) is -0.710. The molecule has 0 saturated carbocycles. The summed E-state index contributed by atoms with van der Waals surface area (Å²) in [6.07, 6.45) is 1.14. The normalized spacial score (nSPS) is 20.1. The van der Waals surface area contributed by atoms with E-state index in [9.17, 15) is 9.59 Å².